The van der Waals surface area contributed by atoms with Gasteiger partial charge in [-0.25, -0.2) is 8.42 Å². The Bertz CT molecular complexity index is 693. The molecule has 23 heavy (non-hydrogen) atoms. The standard InChI is InChI=1S/C18H24N2O2S/c21-23(22,15-6-7-15)20-12-16(13-4-2-1-3-5-13)18-17(20)14-8-10-19(18)11-9-14/h1-5,14-18H,6-12H2/t16-,17+,18+/m0/s1. The fraction of sp³-hybridized carbons (Fsp3) is 0.667. The molecule has 5 aliphatic rings. The second-order valence-corrected chi connectivity index (χ2v) is 9.85. The third-order valence-corrected chi connectivity index (χ3v) is 8.81. The maximum Gasteiger partial charge on any atom is 0.217 e. The van der Waals surface area contributed by atoms with Gasteiger partial charge in [0, 0.05) is 24.5 Å². The second kappa shape index (κ2) is 5.04. The van der Waals surface area contributed by atoms with Crippen LogP contribution < -0.4 is 0 Å². The molecule has 0 N–H and O–H groups in total. The van der Waals surface area contributed by atoms with Gasteiger partial charge in [0.05, 0.1) is 5.25 Å². The molecule has 0 amide bonds. The minimum Gasteiger partial charge on any atom is -0.298 e. The van der Waals surface area contributed by atoms with E-state index >= 15 is 0 Å². The summed E-state index contributed by atoms with van der Waals surface area (Å²) in [6.07, 6.45) is 4.06. The Morgan fingerprint density at radius 2 is 1.61 bits per heavy atom. The Balaban J connectivity index is 1.57. The summed E-state index contributed by atoms with van der Waals surface area (Å²) in [7, 11) is -3.09. The number of fused-ring (bicyclic) bond motifs is 2. The monoisotopic (exact) mass is 332 g/mol. The van der Waals surface area contributed by atoms with Crippen LogP contribution in [0.3, 0.4) is 0 Å². The molecule has 6 rings (SSSR count). The van der Waals surface area contributed by atoms with Gasteiger partial charge < -0.3 is 0 Å². The van der Waals surface area contributed by atoms with Crippen molar-refractivity contribution in [2.24, 2.45) is 5.92 Å². The molecule has 4 nitrogen and oxygen atoms in total. The van der Waals surface area contributed by atoms with Crippen molar-refractivity contribution in [3.05, 3.63) is 35.9 Å². The molecular weight excluding hydrogens is 308 g/mol. The van der Waals surface area contributed by atoms with E-state index in [-0.39, 0.29) is 11.3 Å². The van der Waals surface area contributed by atoms with Crippen molar-refractivity contribution in [2.45, 2.75) is 48.9 Å². The number of hydrogen-bond acceptors (Lipinski definition) is 3. The third-order valence-electron chi connectivity index (χ3n) is 6.45. The van der Waals surface area contributed by atoms with E-state index in [0.29, 0.717) is 24.4 Å². The van der Waals surface area contributed by atoms with Gasteiger partial charge in [-0.2, -0.15) is 4.31 Å². The molecule has 0 radical (unpaired) electrons. The molecule has 4 aliphatic heterocycles. The Kier molecular flexibility index (Phi) is 3.16. The van der Waals surface area contributed by atoms with Crippen molar-refractivity contribution in [3.63, 3.8) is 0 Å². The predicted octanol–water partition coefficient (Wildman–Crippen LogP) is 2.04. The van der Waals surface area contributed by atoms with Crippen molar-refractivity contribution >= 4 is 10.0 Å². The van der Waals surface area contributed by atoms with Gasteiger partial charge in [-0.15, -0.1) is 0 Å². The fourth-order valence-corrected chi connectivity index (χ4v) is 7.33. The first-order valence-electron chi connectivity index (χ1n) is 8.96. The molecule has 1 aromatic rings. The Morgan fingerprint density at radius 1 is 0.913 bits per heavy atom. The maximum atomic E-state index is 13.0. The van der Waals surface area contributed by atoms with Crippen molar-refractivity contribution < 1.29 is 8.42 Å². The number of rotatable bonds is 3. The molecule has 3 atom stereocenters. The van der Waals surface area contributed by atoms with E-state index in [4.69, 9.17) is 0 Å². The molecule has 5 fully saturated rings. The van der Waals surface area contributed by atoms with E-state index in [9.17, 15) is 8.42 Å². The summed E-state index contributed by atoms with van der Waals surface area (Å²) in [5.41, 5.74) is 1.31. The van der Waals surface area contributed by atoms with Gasteiger partial charge in [0.25, 0.3) is 0 Å². The number of sulfonamides is 1. The quantitative estimate of drug-likeness (QED) is 0.850. The third kappa shape index (κ3) is 2.13. The number of nitrogens with zero attached hydrogens (tertiary/aromatic N) is 2. The Morgan fingerprint density at radius 3 is 2.26 bits per heavy atom. The van der Waals surface area contributed by atoms with Gasteiger partial charge >= 0.3 is 0 Å². The minimum atomic E-state index is -3.09. The molecule has 124 valence electrons. The van der Waals surface area contributed by atoms with Crippen LogP contribution in [-0.4, -0.2) is 54.6 Å². The number of piperidine rings is 3. The van der Waals surface area contributed by atoms with Crippen molar-refractivity contribution in [1.82, 2.24) is 9.21 Å². The first-order chi connectivity index (χ1) is 11.2. The number of benzene rings is 1. The van der Waals surface area contributed by atoms with Crippen LogP contribution in [0, 0.1) is 5.92 Å². The first kappa shape index (κ1) is 14.4. The number of hydrogen-bond donors (Lipinski definition) is 0. The average molecular weight is 332 g/mol. The summed E-state index contributed by atoms with van der Waals surface area (Å²) in [5, 5.41) is -0.0897. The lowest BCUT2D eigenvalue weighted by Gasteiger charge is -2.51. The van der Waals surface area contributed by atoms with Crippen LogP contribution >= 0.6 is 0 Å². The highest BCUT2D eigenvalue weighted by atomic mass is 32.2. The van der Waals surface area contributed by atoms with E-state index in [1.165, 1.54) is 18.4 Å². The lowest BCUT2D eigenvalue weighted by molar-refractivity contribution is 0.0122. The Hall–Kier alpha value is -0.910. The van der Waals surface area contributed by atoms with Crippen LogP contribution in [0.5, 0.6) is 0 Å². The molecule has 0 aromatic heterocycles. The highest BCUT2D eigenvalue weighted by Gasteiger charge is 2.58. The highest BCUT2D eigenvalue weighted by Crippen LogP contribution is 2.49. The molecule has 0 spiro atoms. The molecule has 5 heteroatoms. The molecular formula is C18H24N2O2S. The summed E-state index contributed by atoms with van der Waals surface area (Å²) >= 11 is 0. The zero-order chi connectivity index (χ0) is 15.6. The summed E-state index contributed by atoms with van der Waals surface area (Å²) in [4.78, 5) is 2.57. The molecule has 1 aromatic carbocycles. The topological polar surface area (TPSA) is 40.6 Å². The summed E-state index contributed by atoms with van der Waals surface area (Å²) in [6.45, 7) is 2.98. The van der Waals surface area contributed by atoms with E-state index in [1.54, 1.807) is 0 Å². The zero-order valence-corrected chi connectivity index (χ0v) is 14.2. The maximum absolute atomic E-state index is 13.0. The van der Waals surface area contributed by atoms with Gasteiger partial charge in [-0.05, 0) is 50.3 Å². The molecule has 0 unspecified atom stereocenters. The SMILES string of the molecule is O=S(=O)(C1CC1)N1C[C@@H](c2ccccc2)[C@@H]2[C@H]1C1CCN2CC1. The van der Waals surface area contributed by atoms with Crippen LogP contribution in [0.1, 0.15) is 37.2 Å². The lowest BCUT2D eigenvalue weighted by atomic mass is 9.75. The predicted molar refractivity (Wildman–Crippen MR) is 89.7 cm³/mol. The van der Waals surface area contributed by atoms with Crippen LogP contribution in [0.4, 0.5) is 0 Å². The van der Waals surface area contributed by atoms with Gasteiger partial charge in [0.2, 0.25) is 10.0 Å². The summed E-state index contributed by atoms with van der Waals surface area (Å²) < 4.78 is 28.0. The van der Waals surface area contributed by atoms with Crippen LogP contribution in [0.15, 0.2) is 30.3 Å². The second-order valence-electron chi connectivity index (χ2n) is 7.69. The molecule has 2 bridgehead atoms. The molecule has 4 saturated heterocycles. The van der Waals surface area contributed by atoms with E-state index in [1.807, 2.05) is 10.4 Å². The van der Waals surface area contributed by atoms with Gasteiger partial charge in [-0.3, -0.25) is 4.90 Å². The normalized spacial score (nSPS) is 40.3. The van der Waals surface area contributed by atoms with Crippen LogP contribution in [0.25, 0.3) is 0 Å². The van der Waals surface area contributed by atoms with Crippen LogP contribution in [0.2, 0.25) is 0 Å². The Labute approximate surface area is 138 Å². The van der Waals surface area contributed by atoms with Crippen molar-refractivity contribution in [2.75, 3.05) is 19.6 Å². The molecule has 1 aliphatic carbocycles. The van der Waals surface area contributed by atoms with Gasteiger partial charge in [-0.1, -0.05) is 30.3 Å². The lowest BCUT2D eigenvalue weighted by Crippen LogP contribution is -2.60. The first-order valence-corrected chi connectivity index (χ1v) is 10.5. The van der Waals surface area contributed by atoms with Crippen molar-refractivity contribution in [3.8, 4) is 0 Å². The summed E-state index contributed by atoms with van der Waals surface area (Å²) in [6, 6.07) is 11.2. The fourth-order valence-electron chi connectivity index (χ4n) is 5.21. The average Bonchev–Trinajstić information content (AvgIpc) is 3.36. The summed E-state index contributed by atoms with van der Waals surface area (Å²) in [5.74, 6) is 0.894. The van der Waals surface area contributed by atoms with E-state index in [0.717, 1.165) is 25.9 Å². The van der Waals surface area contributed by atoms with E-state index in [2.05, 4.69) is 29.2 Å². The van der Waals surface area contributed by atoms with E-state index < -0.39 is 10.0 Å². The largest absolute Gasteiger partial charge is 0.298 e. The van der Waals surface area contributed by atoms with Crippen molar-refractivity contribution in [1.29, 1.82) is 0 Å². The van der Waals surface area contributed by atoms with Gasteiger partial charge in [0.15, 0.2) is 0 Å². The molecule has 4 heterocycles. The van der Waals surface area contributed by atoms with Crippen LogP contribution in [-0.2, 0) is 10.0 Å². The van der Waals surface area contributed by atoms with Gasteiger partial charge in [0.1, 0.15) is 0 Å². The highest BCUT2D eigenvalue weighted by molar-refractivity contribution is 7.90. The minimum absolute atomic E-state index is 0.0897. The smallest absolute Gasteiger partial charge is 0.217 e. The zero-order valence-electron chi connectivity index (χ0n) is 13.3. The molecule has 1 saturated carbocycles.